The molecule has 0 spiro atoms. The highest BCUT2D eigenvalue weighted by Gasteiger charge is 2.14. The number of fused-ring (bicyclic) bond motifs is 1. The van der Waals surface area contributed by atoms with E-state index in [-0.39, 0.29) is 19.0 Å². The monoisotopic (exact) mass is 497 g/mol. The van der Waals surface area contributed by atoms with E-state index in [2.05, 4.69) is 31.4 Å². The van der Waals surface area contributed by atoms with Crippen LogP contribution in [0.5, 0.6) is 11.5 Å². The fourth-order valence-corrected chi connectivity index (χ4v) is 3.56. The molecule has 0 unspecified atom stereocenters. The molecule has 1 amide bonds. The second kappa shape index (κ2) is 9.23. The normalized spacial score (nSPS) is 10.8. The third kappa shape index (κ3) is 4.35. The molecule has 0 bridgehead atoms. The predicted molar refractivity (Wildman–Crippen MR) is 122 cm³/mol. The largest absolute Gasteiger partial charge is 0.493 e. The number of amides is 1. The lowest BCUT2D eigenvalue weighted by atomic mass is 10.1. The average molecular weight is 498 g/mol. The van der Waals surface area contributed by atoms with Crippen molar-refractivity contribution in [2.75, 3.05) is 14.2 Å². The Balaban J connectivity index is 1.51. The Morgan fingerprint density at radius 3 is 2.62 bits per heavy atom. The summed E-state index contributed by atoms with van der Waals surface area (Å²) in [5, 5.41) is 11.3. The maximum absolute atomic E-state index is 12.8. The van der Waals surface area contributed by atoms with E-state index in [4.69, 9.17) is 9.47 Å². The molecule has 0 aliphatic carbocycles. The third-order valence-corrected chi connectivity index (χ3v) is 5.41. The van der Waals surface area contributed by atoms with E-state index < -0.39 is 5.56 Å². The highest BCUT2D eigenvalue weighted by Crippen LogP contribution is 2.30. The summed E-state index contributed by atoms with van der Waals surface area (Å²) in [4.78, 5) is 25.3. The molecular weight excluding hydrogens is 478 g/mol. The Hall–Kier alpha value is -3.66. The van der Waals surface area contributed by atoms with Gasteiger partial charge in [-0.05, 0) is 24.3 Å². The summed E-state index contributed by atoms with van der Waals surface area (Å²) in [5.74, 6) is 0.762. The third-order valence-electron chi connectivity index (χ3n) is 4.88. The quantitative estimate of drug-likeness (QED) is 0.421. The van der Waals surface area contributed by atoms with Gasteiger partial charge in [-0.2, -0.15) is 10.2 Å². The first-order chi connectivity index (χ1) is 15.5. The Bertz CT molecular complexity index is 1330. The number of hydrogen-bond donors (Lipinski definition) is 1. The van der Waals surface area contributed by atoms with E-state index >= 15 is 0 Å². The molecule has 1 N–H and O–H groups in total. The molecular formula is C22H20BrN5O4. The summed E-state index contributed by atoms with van der Waals surface area (Å²) >= 11 is 3.40. The maximum Gasteiger partial charge on any atom is 0.293 e. The first kappa shape index (κ1) is 21.6. The topological polar surface area (TPSA) is 99.8 Å². The fourth-order valence-electron chi connectivity index (χ4n) is 3.29. The molecule has 4 rings (SSSR count). The number of carbonyl (C=O) groups excluding carboxylic acids is 1. The van der Waals surface area contributed by atoms with Crippen molar-refractivity contribution < 1.29 is 14.3 Å². The summed E-state index contributed by atoms with van der Waals surface area (Å²) in [6.45, 7) is -0.00296. The number of aromatic nitrogens is 4. The lowest BCUT2D eigenvalue weighted by Gasteiger charge is -2.13. The van der Waals surface area contributed by atoms with Crippen molar-refractivity contribution in [2.45, 2.75) is 13.1 Å². The Morgan fingerprint density at radius 2 is 1.91 bits per heavy atom. The van der Waals surface area contributed by atoms with Gasteiger partial charge >= 0.3 is 0 Å². The maximum atomic E-state index is 12.8. The van der Waals surface area contributed by atoms with Crippen LogP contribution >= 0.6 is 15.9 Å². The van der Waals surface area contributed by atoms with Gasteiger partial charge in [0.1, 0.15) is 18.4 Å². The number of ether oxygens (including phenoxy) is 2. The zero-order chi connectivity index (χ0) is 22.7. The number of nitrogens with one attached hydrogen (secondary N) is 1. The first-order valence-electron chi connectivity index (χ1n) is 9.68. The van der Waals surface area contributed by atoms with E-state index in [0.717, 1.165) is 20.3 Å². The smallest absolute Gasteiger partial charge is 0.293 e. The van der Waals surface area contributed by atoms with Crippen LogP contribution in [0.1, 0.15) is 5.56 Å². The SMILES string of the molecule is COc1cccc(CNC(=O)Cn2ncn3nc(-c4ccc(Br)cc4)cc3c2=O)c1OC. The molecule has 0 atom stereocenters. The fraction of sp³-hybridized carbons (Fsp3) is 0.182. The number of para-hydroxylation sites is 1. The zero-order valence-corrected chi connectivity index (χ0v) is 19.0. The molecule has 0 aliphatic rings. The van der Waals surface area contributed by atoms with E-state index in [0.29, 0.717) is 22.7 Å². The van der Waals surface area contributed by atoms with Gasteiger partial charge in [-0.25, -0.2) is 9.20 Å². The molecule has 2 heterocycles. The molecule has 2 aromatic carbocycles. The van der Waals surface area contributed by atoms with E-state index in [1.165, 1.54) is 18.0 Å². The van der Waals surface area contributed by atoms with Gasteiger partial charge in [-0.3, -0.25) is 9.59 Å². The molecule has 2 aromatic heterocycles. The minimum atomic E-state index is -0.405. The van der Waals surface area contributed by atoms with Gasteiger partial charge in [0, 0.05) is 22.1 Å². The standard InChI is InChI=1S/C22H20BrN5O4/c1-31-19-5-3-4-15(21(19)32-2)11-24-20(29)12-27-22(30)18-10-17(26-28(18)13-25-27)14-6-8-16(23)9-7-14/h3-10,13H,11-12H2,1-2H3,(H,24,29). The van der Waals surface area contributed by atoms with Crippen LogP contribution in [0.15, 0.2) is 64.1 Å². The van der Waals surface area contributed by atoms with Gasteiger partial charge in [0.25, 0.3) is 5.56 Å². The van der Waals surface area contributed by atoms with Gasteiger partial charge in [-0.1, -0.05) is 40.2 Å². The van der Waals surface area contributed by atoms with Crippen molar-refractivity contribution >= 4 is 27.4 Å². The molecule has 0 fully saturated rings. The summed E-state index contributed by atoms with van der Waals surface area (Å²) in [7, 11) is 3.09. The van der Waals surface area contributed by atoms with Crippen LogP contribution in [-0.2, 0) is 17.9 Å². The summed E-state index contributed by atoms with van der Waals surface area (Å²) in [6, 6.07) is 14.7. The minimum absolute atomic E-state index is 0.219. The van der Waals surface area contributed by atoms with Crippen molar-refractivity contribution in [3.63, 3.8) is 0 Å². The van der Waals surface area contributed by atoms with Crippen LogP contribution in [0.4, 0.5) is 0 Å². The highest BCUT2D eigenvalue weighted by atomic mass is 79.9. The lowest BCUT2D eigenvalue weighted by Crippen LogP contribution is -2.34. The second-order valence-electron chi connectivity index (χ2n) is 6.89. The van der Waals surface area contributed by atoms with E-state index in [1.54, 1.807) is 19.2 Å². The van der Waals surface area contributed by atoms with Crippen molar-refractivity contribution in [3.05, 3.63) is 75.2 Å². The number of hydrogen-bond acceptors (Lipinski definition) is 6. The number of benzene rings is 2. The molecule has 0 saturated carbocycles. The predicted octanol–water partition coefficient (Wildman–Crippen LogP) is 2.65. The molecule has 32 heavy (non-hydrogen) atoms. The summed E-state index contributed by atoms with van der Waals surface area (Å²) in [6.07, 6.45) is 1.41. The van der Waals surface area contributed by atoms with Crippen LogP contribution in [0.2, 0.25) is 0 Å². The number of rotatable bonds is 7. The van der Waals surface area contributed by atoms with Crippen molar-refractivity contribution in [1.29, 1.82) is 0 Å². The zero-order valence-electron chi connectivity index (χ0n) is 17.4. The van der Waals surface area contributed by atoms with Crippen LogP contribution in [0.3, 0.4) is 0 Å². The van der Waals surface area contributed by atoms with Gasteiger partial charge in [0.2, 0.25) is 5.91 Å². The first-order valence-corrected chi connectivity index (χ1v) is 10.5. The Kier molecular flexibility index (Phi) is 6.22. The van der Waals surface area contributed by atoms with Gasteiger partial charge in [0.05, 0.1) is 19.9 Å². The number of carbonyl (C=O) groups is 1. The average Bonchev–Trinajstić information content (AvgIpc) is 3.25. The van der Waals surface area contributed by atoms with E-state index in [1.807, 2.05) is 36.4 Å². The number of nitrogens with zero attached hydrogens (tertiary/aromatic N) is 4. The van der Waals surface area contributed by atoms with Crippen LogP contribution < -0.4 is 20.3 Å². The molecule has 4 aromatic rings. The van der Waals surface area contributed by atoms with Crippen molar-refractivity contribution in [3.8, 4) is 22.8 Å². The molecule has 9 nitrogen and oxygen atoms in total. The summed E-state index contributed by atoms with van der Waals surface area (Å²) < 4.78 is 14.1. The van der Waals surface area contributed by atoms with Crippen LogP contribution in [0, 0.1) is 0 Å². The van der Waals surface area contributed by atoms with Gasteiger partial charge in [0.15, 0.2) is 11.5 Å². The van der Waals surface area contributed by atoms with Gasteiger partial charge < -0.3 is 14.8 Å². The van der Waals surface area contributed by atoms with Gasteiger partial charge in [-0.15, -0.1) is 0 Å². The number of halogens is 1. The highest BCUT2D eigenvalue weighted by molar-refractivity contribution is 9.10. The Labute approximate surface area is 191 Å². The molecule has 164 valence electrons. The molecule has 10 heteroatoms. The second-order valence-corrected chi connectivity index (χ2v) is 7.81. The molecule has 0 aliphatic heterocycles. The minimum Gasteiger partial charge on any atom is -0.493 e. The van der Waals surface area contributed by atoms with E-state index in [9.17, 15) is 9.59 Å². The van der Waals surface area contributed by atoms with Crippen molar-refractivity contribution in [1.82, 2.24) is 24.7 Å². The summed E-state index contributed by atoms with van der Waals surface area (Å²) in [5.41, 5.74) is 2.19. The van der Waals surface area contributed by atoms with Crippen LogP contribution in [-0.4, -0.2) is 39.5 Å². The number of methoxy groups -OCH3 is 2. The van der Waals surface area contributed by atoms with Crippen molar-refractivity contribution in [2.24, 2.45) is 0 Å². The Morgan fingerprint density at radius 1 is 1.12 bits per heavy atom. The lowest BCUT2D eigenvalue weighted by molar-refractivity contribution is -0.122. The van der Waals surface area contributed by atoms with Crippen LogP contribution in [0.25, 0.3) is 16.8 Å². The molecule has 0 saturated heterocycles. The molecule has 0 radical (unpaired) electrons.